The number of carbonyl (C=O) groups excluding carboxylic acids is 1. The second kappa shape index (κ2) is 8.01. The lowest BCUT2D eigenvalue weighted by atomic mass is 10.1. The van der Waals surface area contributed by atoms with Gasteiger partial charge in [0.1, 0.15) is 0 Å². The Morgan fingerprint density at radius 3 is 2.27 bits per heavy atom. The van der Waals surface area contributed by atoms with Crippen LogP contribution in [-0.2, 0) is 10.0 Å². The fourth-order valence-electron chi connectivity index (χ4n) is 3.16. The Morgan fingerprint density at radius 1 is 0.962 bits per heavy atom. The van der Waals surface area contributed by atoms with Gasteiger partial charge in [-0.15, -0.1) is 0 Å². The molecule has 1 amide bonds. The second-order valence-electron chi connectivity index (χ2n) is 6.62. The van der Waals surface area contributed by atoms with Crippen molar-refractivity contribution in [2.75, 3.05) is 18.4 Å². The van der Waals surface area contributed by atoms with Gasteiger partial charge >= 0.3 is 0 Å². The molecule has 2 aromatic carbocycles. The Bertz CT molecular complexity index is 871. The van der Waals surface area contributed by atoms with E-state index in [1.165, 1.54) is 6.07 Å². The van der Waals surface area contributed by atoms with Crippen LogP contribution in [0.1, 0.15) is 41.6 Å². The summed E-state index contributed by atoms with van der Waals surface area (Å²) in [6.07, 6.45) is 3.88. The number of carbonyl (C=O) groups is 1. The minimum absolute atomic E-state index is 0.184. The highest BCUT2D eigenvalue weighted by atomic mass is 32.2. The Morgan fingerprint density at radius 2 is 1.62 bits per heavy atom. The molecule has 1 aliphatic rings. The van der Waals surface area contributed by atoms with E-state index < -0.39 is 10.0 Å². The van der Waals surface area contributed by atoms with E-state index in [1.807, 2.05) is 25.1 Å². The lowest BCUT2D eigenvalue weighted by Gasteiger charge is -2.20. The first-order valence-electron chi connectivity index (χ1n) is 8.96. The average Bonchev–Trinajstić information content (AvgIpc) is 2.92. The normalized spacial score (nSPS) is 16.0. The first-order chi connectivity index (χ1) is 12.5. The maximum absolute atomic E-state index is 13.0. The molecule has 0 unspecified atom stereocenters. The summed E-state index contributed by atoms with van der Waals surface area (Å²) in [6, 6.07) is 13.9. The third kappa shape index (κ3) is 4.14. The van der Waals surface area contributed by atoms with Crippen molar-refractivity contribution in [3.8, 4) is 0 Å². The third-order valence-corrected chi connectivity index (χ3v) is 6.58. The van der Waals surface area contributed by atoms with E-state index in [0.29, 0.717) is 24.3 Å². The molecule has 3 rings (SSSR count). The molecule has 0 saturated carbocycles. The average molecular weight is 372 g/mol. The molecule has 1 N–H and O–H groups in total. The van der Waals surface area contributed by atoms with Gasteiger partial charge in [-0.2, -0.15) is 4.31 Å². The van der Waals surface area contributed by atoms with Crippen molar-refractivity contribution in [2.45, 2.75) is 37.5 Å². The van der Waals surface area contributed by atoms with Gasteiger partial charge in [-0.05, 0) is 49.6 Å². The highest BCUT2D eigenvalue weighted by Gasteiger charge is 2.26. The minimum atomic E-state index is -3.58. The molecular weight excluding hydrogens is 348 g/mol. The Hall–Kier alpha value is -2.18. The minimum Gasteiger partial charge on any atom is -0.322 e. The monoisotopic (exact) mass is 372 g/mol. The predicted molar refractivity (Wildman–Crippen MR) is 103 cm³/mol. The summed E-state index contributed by atoms with van der Waals surface area (Å²) in [6.45, 7) is 2.89. The van der Waals surface area contributed by atoms with Gasteiger partial charge in [0.15, 0.2) is 0 Å². The molecule has 138 valence electrons. The van der Waals surface area contributed by atoms with Gasteiger partial charge < -0.3 is 5.32 Å². The zero-order valence-corrected chi connectivity index (χ0v) is 15.8. The van der Waals surface area contributed by atoms with Crippen molar-refractivity contribution in [1.29, 1.82) is 0 Å². The van der Waals surface area contributed by atoms with Crippen LogP contribution in [0.4, 0.5) is 5.69 Å². The number of benzene rings is 2. The Kier molecular flexibility index (Phi) is 5.74. The molecule has 1 fully saturated rings. The van der Waals surface area contributed by atoms with E-state index in [4.69, 9.17) is 0 Å². The van der Waals surface area contributed by atoms with E-state index in [9.17, 15) is 13.2 Å². The molecule has 5 nitrogen and oxygen atoms in total. The second-order valence-corrected chi connectivity index (χ2v) is 8.55. The van der Waals surface area contributed by atoms with Crippen LogP contribution in [0.3, 0.4) is 0 Å². The first-order valence-corrected chi connectivity index (χ1v) is 10.4. The van der Waals surface area contributed by atoms with Gasteiger partial charge in [0, 0.05) is 24.3 Å². The molecule has 26 heavy (non-hydrogen) atoms. The van der Waals surface area contributed by atoms with Gasteiger partial charge in [-0.3, -0.25) is 4.79 Å². The molecule has 0 spiro atoms. The number of nitrogens with one attached hydrogen (secondary N) is 1. The lowest BCUT2D eigenvalue weighted by molar-refractivity contribution is 0.102. The van der Waals surface area contributed by atoms with Crippen LogP contribution in [0, 0.1) is 6.92 Å². The van der Waals surface area contributed by atoms with Gasteiger partial charge in [0.25, 0.3) is 5.91 Å². The smallest absolute Gasteiger partial charge is 0.255 e. The van der Waals surface area contributed by atoms with Gasteiger partial charge in [0.2, 0.25) is 10.0 Å². The first kappa shape index (κ1) is 18.6. The number of sulfonamides is 1. The summed E-state index contributed by atoms with van der Waals surface area (Å²) < 4.78 is 27.5. The van der Waals surface area contributed by atoms with Crippen molar-refractivity contribution in [1.82, 2.24) is 4.31 Å². The van der Waals surface area contributed by atoms with Gasteiger partial charge in [-0.25, -0.2) is 8.42 Å². The molecule has 0 aliphatic carbocycles. The molecule has 2 aromatic rings. The lowest BCUT2D eigenvalue weighted by Crippen LogP contribution is -2.32. The number of hydrogen-bond acceptors (Lipinski definition) is 3. The molecule has 6 heteroatoms. The van der Waals surface area contributed by atoms with Crippen LogP contribution in [0.2, 0.25) is 0 Å². The molecule has 0 bridgehead atoms. The highest BCUT2D eigenvalue weighted by molar-refractivity contribution is 7.89. The largest absolute Gasteiger partial charge is 0.322 e. The predicted octanol–water partition coefficient (Wildman–Crippen LogP) is 3.81. The SMILES string of the molecule is Cc1ccc(S(=O)(=O)N2CCCCCC2)cc1C(=O)Nc1ccccc1. The maximum atomic E-state index is 13.0. The highest BCUT2D eigenvalue weighted by Crippen LogP contribution is 2.23. The third-order valence-electron chi connectivity index (χ3n) is 4.69. The maximum Gasteiger partial charge on any atom is 0.255 e. The van der Waals surface area contributed by atoms with E-state index in [2.05, 4.69) is 5.32 Å². The van der Waals surface area contributed by atoms with Crippen molar-refractivity contribution in [3.05, 3.63) is 59.7 Å². The number of para-hydroxylation sites is 1. The number of rotatable bonds is 4. The van der Waals surface area contributed by atoms with E-state index in [1.54, 1.807) is 28.6 Å². The van der Waals surface area contributed by atoms with Crippen LogP contribution in [-0.4, -0.2) is 31.7 Å². The number of amides is 1. The number of anilines is 1. The van der Waals surface area contributed by atoms with Crippen molar-refractivity contribution in [3.63, 3.8) is 0 Å². The molecule has 1 saturated heterocycles. The van der Waals surface area contributed by atoms with Gasteiger partial charge in [-0.1, -0.05) is 37.1 Å². The van der Waals surface area contributed by atoms with Gasteiger partial charge in [0.05, 0.1) is 4.90 Å². The molecule has 0 aromatic heterocycles. The summed E-state index contributed by atoms with van der Waals surface area (Å²) in [5.41, 5.74) is 1.80. The summed E-state index contributed by atoms with van der Waals surface area (Å²) in [4.78, 5) is 12.8. The zero-order valence-electron chi connectivity index (χ0n) is 14.9. The fourth-order valence-corrected chi connectivity index (χ4v) is 4.70. The van der Waals surface area contributed by atoms with E-state index in [0.717, 1.165) is 31.2 Å². The summed E-state index contributed by atoms with van der Waals surface area (Å²) in [5, 5.41) is 2.82. The summed E-state index contributed by atoms with van der Waals surface area (Å²) in [7, 11) is -3.58. The number of nitrogens with zero attached hydrogens (tertiary/aromatic N) is 1. The number of hydrogen-bond donors (Lipinski definition) is 1. The zero-order chi connectivity index (χ0) is 18.6. The van der Waals surface area contributed by atoms with E-state index >= 15 is 0 Å². The number of aryl methyl sites for hydroxylation is 1. The molecule has 0 radical (unpaired) electrons. The van der Waals surface area contributed by atoms with E-state index in [-0.39, 0.29) is 10.8 Å². The summed E-state index contributed by atoms with van der Waals surface area (Å²) >= 11 is 0. The van der Waals surface area contributed by atoms with Crippen LogP contribution in [0.5, 0.6) is 0 Å². The van der Waals surface area contributed by atoms with Crippen LogP contribution in [0.25, 0.3) is 0 Å². The van der Waals surface area contributed by atoms with Crippen molar-refractivity contribution in [2.24, 2.45) is 0 Å². The van der Waals surface area contributed by atoms with Crippen LogP contribution >= 0.6 is 0 Å². The topological polar surface area (TPSA) is 66.5 Å². The standard InChI is InChI=1S/C20H24N2O3S/c1-16-11-12-18(26(24,25)22-13-7-2-3-8-14-22)15-19(16)20(23)21-17-9-5-4-6-10-17/h4-6,9-12,15H,2-3,7-8,13-14H2,1H3,(H,21,23). The molecule has 0 atom stereocenters. The fraction of sp³-hybridized carbons (Fsp3) is 0.350. The van der Waals surface area contributed by atoms with Crippen molar-refractivity contribution < 1.29 is 13.2 Å². The summed E-state index contributed by atoms with van der Waals surface area (Å²) in [5.74, 6) is -0.304. The van der Waals surface area contributed by atoms with Crippen LogP contribution in [0.15, 0.2) is 53.4 Å². The molecular formula is C20H24N2O3S. The van der Waals surface area contributed by atoms with Crippen molar-refractivity contribution >= 4 is 21.6 Å². The molecule has 1 aliphatic heterocycles. The Labute approximate surface area is 155 Å². The Balaban J connectivity index is 1.88. The molecule has 1 heterocycles. The van der Waals surface area contributed by atoms with Crippen LogP contribution < -0.4 is 5.32 Å². The quantitative estimate of drug-likeness (QED) is 0.887.